The molecular weight excluding hydrogens is 1350 g/mol. The summed E-state index contributed by atoms with van der Waals surface area (Å²) in [5, 5.41) is 8.16. The Morgan fingerprint density at radius 3 is 1.89 bits per heavy atom. The molecule has 102 heavy (non-hydrogen) atoms. The molecule has 29 heteroatoms. The summed E-state index contributed by atoms with van der Waals surface area (Å²) in [5.41, 5.74) is -2.40. The van der Waals surface area contributed by atoms with Gasteiger partial charge in [0.2, 0.25) is 70.9 Å². The van der Waals surface area contributed by atoms with Crippen molar-refractivity contribution in [1.82, 2.24) is 60.0 Å². The number of hydrogen-bond acceptors (Lipinski definition) is 13. The van der Waals surface area contributed by atoms with E-state index in [1.165, 1.54) is 84.7 Å². The molecule has 1 aromatic rings. The van der Waals surface area contributed by atoms with Gasteiger partial charge in [-0.3, -0.25) is 57.5 Å². The Labute approximate surface area is 603 Å². The lowest BCUT2D eigenvalue weighted by molar-refractivity contribution is -0.160. The Morgan fingerprint density at radius 2 is 1.29 bits per heavy atom. The number of alkyl halides is 3. The second-order valence-corrected chi connectivity index (χ2v) is 30.7. The van der Waals surface area contributed by atoms with Gasteiger partial charge in [-0.15, -0.1) is 0 Å². The van der Waals surface area contributed by atoms with Crippen LogP contribution >= 0.6 is 11.6 Å². The van der Waals surface area contributed by atoms with Crippen LogP contribution in [0.2, 0.25) is 5.02 Å². The maximum Gasteiger partial charge on any atom is 0.417 e. The van der Waals surface area contributed by atoms with Gasteiger partial charge in [0.05, 0.1) is 36.3 Å². The zero-order chi connectivity index (χ0) is 74.8. The molecule has 7 fully saturated rings. The molecule has 4 heterocycles. The first-order valence-corrected chi connectivity index (χ1v) is 37.4. The highest BCUT2D eigenvalue weighted by molar-refractivity contribution is 6.31. The molecule has 4 aliphatic heterocycles. The smallest absolute Gasteiger partial charge is 0.376 e. The van der Waals surface area contributed by atoms with Crippen LogP contribution in [0.1, 0.15) is 187 Å². The van der Waals surface area contributed by atoms with E-state index in [0.717, 1.165) is 60.5 Å². The van der Waals surface area contributed by atoms with Crippen LogP contribution in [0, 0.1) is 17.8 Å². The largest absolute Gasteiger partial charge is 0.417 e. The summed E-state index contributed by atoms with van der Waals surface area (Å²) in [5.74, 6) is -8.49. The molecule has 10 atom stereocenters. The quantitative estimate of drug-likeness (QED) is 0.219. The van der Waals surface area contributed by atoms with Crippen molar-refractivity contribution in [3.05, 3.63) is 34.3 Å². The molecule has 0 radical (unpaired) electrons. The number of rotatable bonds is 13. The lowest BCUT2D eigenvalue weighted by Gasteiger charge is -2.45. The Balaban J connectivity index is 1.17. The third-order valence-corrected chi connectivity index (χ3v) is 22.9. The average molecular weight is 1460 g/mol. The van der Waals surface area contributed by atoms with Gasteiger partial charge >= 0.3 is 6.18 Å². The van der Waals surface area contributed by atoms with Gasteiger partial charge < -0.3 is 64.8 Å². The van der Waals surface area contributed by atoms with E-state index in [0.29, 0.717) is 70.0 Å². The molecule has 1 spiro atoms. The maximum absolute atomic E-state index is 15.5. The summed E-state index contributed by atoms with van der Waals surface area (Å²) in [7, 11) is 8.55. The van der Waals surface area contributed by atoms with Crippen LogP contribution in [-0.4, -0.2) is 263 Å². The molecule has 12 amide bonds. The van der Waals surface area contributed by atoms with Crippen LogP contribution in [0.5, 0.6) is 0 Å². The Hall–Kier alpha value is -7.10. The highest BCUT2D eigenvalue weighted by atomic mass is 35.5. The molecule has 3 N–H and O–H groups in total. The van der Waals surface area contributed by atoms with Crippen molar-refractivity contribution in [2.75, 3.05) is 81.6 Å². The fourth-order valence-corrected chi connectivity index (χ4v) is 15.8. The van der Waals surface area contributed by atoms with Crippen molar-refractivity contribution in [1.29, 1.82) is 0 Å². The topological polar surface area (TPSA) is 279 Å². The fraction of sp³-hybridized carbons (Fsp3) is 0.753. The molecule has 3 saturated carbocycles. The standard InChI is InChI=1S/C73H110ClF3N12O13/c1-12-45(4)61-70(100)82(7)46(5)64(94)89-37-31-54(89)67(97)84(9)56(40-47-22-15-13-16-23-47)66(96)81(6)42-59(90)78-52(30-26-48-25-29-50(51(74)39-48)73(75,76)77)65(95)88-36-21-24-53(88)63(93)80-72(32-17-18-33-72)71(101)86(11)58(43-102-49-27-28-49)68(98)85(10)57(69(99)87-34-19-14-20-35-87)41-60(91)83(8)55(38-44(2)3)62(92)79-61/h25,29,39,44-47,49,52-58,61H,12-24,26-28,30-38,40-43H2,1-11H3,(H,78,90)(H,79,92)(H,80,93)/t45-,46-,52-,53-,54-,55-,56-,57-,58-,61-/m0/s1. The second kappa shape index (κ2) is 35.1. The number of nitrogens with one attached hydrogen (secondary N) is 3. The van der Waals surface area contributed by atoms with Crippen molar-refractivity contribution in [2.45, 2.75) is 254 Å². The lowest BCUT2D eigenvalue weighted by Crippen LogP contribution is -2.65. The normalized spacial score (nSPS) is 28.2. The van der Waals surface area contributed by atoms with Crippen molar-refractivity contribution in [3.8, 4) is 0 Å². The summed E-state index contributed by atoms with van der Waals surface area (Å²) in [4.78, 5) is 192. The number of amides is 12. The predicted octanol–water partition coefficient (Wildman–Crippen LogP) is 5.55. The maximum atomic E-state index is 15.5. The first-order valence-electron chi connectivity index (χ1n) is 37.1. The van der Waals surface area contributed by atoms with Crippen molar-refractivity contribution in [3.63, 3.8) is 0 Å². The number of carbonyl (C=O) groups excluding carboxylic acids is 12. The van der Waals surface area contributed by atoms with Crippen LogP contribution in [0.25, 0.3) is 0 Å². The van der Waals surface area contributed by atoms with E-state index >= 15 is 33.6 Å². The van der Waals surface area contributed by atoms with E-state index in [9.17, 15) is 37.1 Å². The minimum Gasteiger partial charge on any atom is -0.376 e. The monoisotopic (exact) mass is 1450 g/mol. The molecule has 8 rings (SSSR count). The predicted molar refractivity (Wildman–Crippen MR) is 373 cm³/mol. The van der Waals surface area contributed by atoms with Crippen LogP contribution in [0.3, 0.4) is 0 Å². The third kappa shape index (κ3) is 19.2. The number of likely N-dealkylation sites (tertiary alicyclic amines) is 1. The van der Waals surface area contributed by atoms with Crippen LogP contribution < -0.4 is 16.0 Å². The number of carbonyl (C=O) groups is 12. The summed E-state index contributed by atoms with van der Waals surface area (Å²) >= 11 is 6.17. The van der Waals surface area contributed by atoms with Crippen molar-refractivity contribution >= 4 is 82.5 Å². The number of aryl methyl sites for hydroxylation is 1. The molecule has 4 saturated heterocycles. The number of benzene rings is 1. The Kier molecular flexibility index (Phi) is 27.7. The molecule has 0 unspecified atom stereocenters. The molecule has 7 aliphatic rings. The minimum absolute atomic E-state index is 0.0197. The summed E-state index contributed by atoms with van der Waals surface area (Å²) in [6.07, 6.45) is 4.74. The highest BCUT2D eigenvalue weighted by Crippen LogP contribution is 2.38. The van der Waals surface area contributed by atoms with E-state index in [1.54, 1.807) is 11.8 Å². The Bertz CT molecular complexity index is 3230. The van der Waals surface area contributed by atoms with Gasteiger partial charge in [-0.2, -0.15) is 13.2 Å². The van der Waals surface area contributed by atoms with Gasteiger partial charge in [0.1, 0.15) is 59.9 Å². The average Bonchev–Trinajstić information content (AvgIpc) is 1.07. The zero-order valence-corrected chi connectivity index (χ0v) is 62.3. The van der Waals surface area contributed by atoms with Gasteiger partial charge in [-0.1, -0.05) is 96.7 Å². The minimum atomic E-state index is -4.76. The number of likely N-dealkylation sites (N-methyl/N-ethyl adjacent to an activating group) is 6. The molecule has 568 valence electrons. The molecule has 1 aromatic carbocycles. The van der Waals surface area contributed by atoms with Gasteiger partial charge in [0, 0.05) is 68.5 Å². The number of ether oxygens (including phenoxy) is 1. The molecule has 3 aliphatic carbocycles. The number of halogens is 4. The van der Waals surface area contributed by atoms with E-state index in [2.05, 4.69) is 16.0 Å². The van der Waals surface area contributed by atoms with E-state index < -0.39 is 166 Å². The molecular formula is C73H110ClF3N12O13. The molecule has 0 bridgehead atoms. The first kappa shape index (κ1) is 80.6. The van der Waals surface area contributed by atoms with E-state index in [4.69, 9.17) is 16.3 Å². The second-order valence-electron chi connectivity index (χ2n) is 30.3. The van der Waals surface area contributed by atoms with Crippen molar-refractivity contribution < 1.29 is 75.4 Å². The Morgan fingerprint density at radius 1 is 0.647 bits per heavy atom. The number of fused-ring (bicyclic) bond motifs is 2. The zero-order valence-electron chi connectivity index (χ0n) is 61.6. The number of hydrogen-bond donors (Lipinski definition) is 3. The fourth-order valence-electron chi connectivity index (χ4n) is 15.5. The van der Waals surface area contributed by atoms with Crippen LogP contribution in [-0.2, 0) is 74.9 Å². The van der Waals surface area contributed by atoms with Crippen LogP contribution in [0.15, 0.2) is 18.2 Å². The molecule has 25 nitrogen and oxygen atoms in total. The van der Waals surface area contributed by atoms with Crippen molar-refractivity contribution in [2.24, 2.45) is 17.8 Å². The number of piperidine rings is 1. The molecule has 0 aromatic heterocycles. The number of nitrogens with zero attached hydrogens (tertiary/aromatic N) is 9. The van der Waals surface area contributed by atoms with Gasteiger partial charge in [-0.05, 0) is 132 Å². The first-order chi connectivity index (χ1) is 48.2. The van der Waals surface area contributed by atoms with E-state index in [-0.39, 0.29) is 89.0 Å². The van der Waals surface area contributed by atoms with Gasteiger partial charge in [0.25, 0.3) is 0 Å². The third-order valence-electron chi connectivity index (χ3n) is 22.6. The summed E-state index contributed by atoms with van der Waals surface area (Å²) in [6, 6.07) is -8.08. The highest BCUT2D eigenvalue weighted by Gasteiger charge is 2.52. The van der Waals surface area contributed by atoms with E-state index in [1.807, 2.05) is 20.8 Å². The van der Waals surface area contributed by atoms with Crippen LogP contribution in [0.4, 0.5) is 13.2 Å². The van der Waals surface area contributed by atoms with Gasteiger partial charge in [0.15, 0.2) is 0 Å². The summed E-state index contributed by atoms with van der Waals surface area (Å²) < 4.78 is 47.9. The lowest BCUT2D eigenvalue weighted by atomic mass is 9.84. The summed E-state index contributed by atoms with van der Waals surface area (Å²) in [6.45, 7) is 8.80. The SMILES string of the molecule is CC[C@H](C)[C@@H]1NC(=O)[C@H](CC(C)C)N(C)C(=O)C[C@@H](C(=O)N2CCCCC2)N(C)C(=O)[C@H](COC2CC2)N(C)C(=O)C2(CCCC2)NC(=O)[C@@H]2CCCN2C(=O)[C@H](CCc2ccc(C(F)(F)F)c(Cl)c2)NC(=O)CN(C)C(=O)[C@H](CC2CCCCC2)N(C)C(=O)[C@@H]2CCN2C(=O)[C@H](C)N(C)C1=O. The van der Waals surface area contributed by atoms with Gasteiger partial charge in [-0.25, -0.2) is 0 Å².